The zero-order chi connectivity index (χ0) is 15.1. The minimum absolute atomic E-state index is 0.0237. The lowest BCUT2D eigenvalue weighted by Gasteiger charge is -2.31. The first kappa shape index (κ1) is 15.9. The molecule has 1 aliphatic heterocycles. The Hall–Kier alpha value is -1.43. The molecule has 1 fully saturated rings. The van der Waals surface area contributed by atoms with E-state index in [1.54, 1.807) is 0 Å². The average molecular weight is 292 g/mol. The zero-order valence-corrected chi connectivity index (χ0v) is 12.5. The molecule has 1 unspecified atom stereocenters. The SMILES string of the molecule is CC(CC(=O)NCc1cccc(CO)c1)N1CCOCC1. The summed E-state index contributed by atoms with van der Waals surface area (Å²) in [5, 5.41) is 12.0. The number of nitrogens with one attached hydrogen (secondary N) is 1. The van der Waals surface area contributed by atoms with Crippen molar-refractivity contribution in [2.75, 3.05) is 26.3 Å². The topological polar surface area (TPSA) is 61.8 Å². The highest BCUT2D eigenvalue weighted by Gasteiger charge is 2.19. The largest absolute Gasteiger partial charge is 0.392 e. The molecule has 1 atom stereocenters. The molecular weight excluding hydrogens is 268 g/mol. The quantitative estimate of drug-likeness (QED) is 0.818. The number of benzene rings is 1. The summed E-state index contributed by atoms with van der Waals surface area (Å²) in [6, 6.07) is 7.85. The van der Waals surface area contributed by atoms with Crippen molar-refractivity contribution in [3.8, 4) is 0 Å². The Morgan fingerprint density at radius 2 is 2.10 bits per heavy atom. The van der Waals surface area contributed by atoms with Gasteiger partial charge in [-0.15, -0.1) is 0 Å². The number of carbonyl (C=O) groups excluding carboxylic acids is 1. The van der Waals surface area contributed by atoms with E-state index in [1.165, 1.54) is 0 Å². The lowest BCUT2D eigenvalue weighted by Crippen LogP contribution is -2.44. The van der Waals surface area contributed by atoms with E-state index in [9.17, 15) is 4.79 Å². The number of nitrogens with zero attached hydrogens (tertiary/aromatic N) is 1. The molecule has 1 heterocycles. The number of amides is 1. The third-order valence-corrected chi connectivity index (χ3v) is 3.81. The molecule has 0 bridgehead atoms. The summed E-state index contributed by atoms with van der Waals surface area (Å²) < 4.78 is 5.32. The van der Waals surface area contributed by atoms with Crippen LogP contribution in [0.5, 0.6) is 0 Å². The fourth-order valence-electron chi connectivity index (χ4n) is 2.53. The molecule has 2 N–H and O–H groups in total. The van der Waals surface area contributed by atoms with Gasteiger partial charge in [-0.2, -0.15) is 0 Å². The van der Waals surface area contributed by atoms with Crippen molar-refractivity contribution in [2.24, 2.45) is 0 Å². The standard InChI is InChI=1S/C16H24N2O3/c1-13(18-5-7-21-8-6-18)9-16(20)17-11-14-3-2-4-15(10-14)12-19/h2-4,10,13,19H,5-9,11-12H2,1H3,(H,17,20). The van der Waals surface area contributed by atoms with Crippen molar-refractivity contribution in [1.82, 2.24) is 10.2 Å². The molecule has 21 heavy (non-hydrogen) atoms. The summed E-state index contributed by atoms with van der Waals surface area (Å²) in [5.41, 5.74) is 1.87. The number of hydrogen-bond acceptors (Lipinski definition) is 4. The molecule has 0 radical (unpaired) electrons. The van der Waals surface area contributed by atoms with Gasteiger partial charge in [0.1, 0.15) is 0 Å². The minimum atomic E-state index is 0.0237. The van der Waals surface area contributed by atoms with E-state index in [-0.39, 0.29) is 18.6 Å². The zero-order valence-electron chi connectivity index (χ0n) is 12.5. The Labute approximate surface area is 125 Å². The van der Waals surface area contributed by atoms with Crippen LogP contribution in [0.1, 0.15) is 24.5 Å². The third-order valence-electron chi connectivity index (χ3n) is 3.81. The van der Waals surface area contributed by atoms with Crippen molar-refractivity contribution in [1.29, 1.82) is 0 Å². The molecule has 2 rings (SSSR count). The van der Waals surface area contributed by atoms with Crippen LogP contribution in [0.25, 0.3) is 0 Å². The maximum atomic E-state index is 12.0. The number of ether oxygens (including phenoxy) is 1. The number of rotatable bonds is 6. The Balaban J connectivity index is 1.75. The van der Waals surface area contributed by atoms with Crippen LogP contribution < -0.4 is 5.32 Å². The van der Waals surface area contributed by atoms with Crippen molar-refractivity contribution in [2.45, 2.75) is 32.5 Å². The summed E-state index contributed by atoms with van der Waals surface area (Å²) >= 11 is 0. The minimum Gasteiger partial charge on any atom is -0.392 e. The highest BCUT2D eigenvalue weighted by atomic mass is 16.5. The van der Waals surface area contributed by atoms with Crippen molar-refractivity contribution >= 4 is 5.91 Å². The lowest BCUT2D eigenvalue weighted by molar-refractivity contribution is -0.122. The van der Waals surface area contributed by atoms with Crippen LogP contribution in [0.4, 0.5) is 0 Å². The average Bonchev–Trinajstić information content (AvgIpc) is 2.54. The highest BCUT2D eigenvalue weighted by molar-refractivity contribution is 5.76. The molecule has 0 saturated carbocycles. The van der Waals surface area contributed by atoms with Crippen LogP contribution in [-0.4, -0.2) is 48.3 Å². The van der Waals surface area contributed by atoms with Crippen molar-refractivity contribution in [3.63, 3.8) is 0 Å². The molecule has 1 aromatic carbocycles. The Morgan fingerprint density at radius 3 is 2.81 bits per heavy atom. The van der Waals surface area contributed by atoms with Crippen LogP contribution in [0, 0.1) is 0 Å². The molecule has 5 heteroatoms. The van der Waals surface area contributed by atoms with E-state index in [1.807, 2.05) is 24.3 Å². The van der Waals surface area contributed by atoms with Gasteiger partial charge in [-0.05, 0) is 18.1 Å². The van der Waals surface area contributed by atoms with Crippen molar-refractivity contribution in [3.05, 3.63) is 35.4 Å². The van der Waals surface area contributed by atoms with E-state index >= 15 is 0 Å². The summed E-state index contributed by atoms with van der Waals surface area (Å²) in [4.78, 5) is 14.3. The number of aliphatic hydroxyl groups excluding tert-OH is 1. The number of aliphatic hydroxyl groups is 1. The second kappa shape index (κ2) is 8.12. The van der Waals surface area contributed by atoms with Crippen LogP contribution in [-0.2, 0) is 22.7 Å². The molecule has 0 aliphatic carbocycles. The first-order valence-electron chi connectivity index (χ1n) is 7.46. The third kappa shape index (κ3) is 5.12. The van der Waals surface area contributed by atoms with E-state index in [0.717, 1.165) is 37.4 Å². The van der Waals surface area contributed by atoms with Gasteiger partial charge in [-0.25, -0.2) is 0 Å². The van der Waals surface area contributed by atoms with E-state index < -0.39 is 0 Å². The van der Waals surface area contributed by atoms with Crippen LogP contribution in [0.15, 0.2) is 24.3 Å². The van der Waals surface area contributed by atoms with E-state index in [4.69, 9.17) is 9.84 Å². The molecular formula is C16H24N2O3. The first-order valence-corrected chi connectivity index (χ1v) is 7.46. The smallest absolute Gasteiger partial charge is 0.221 e. The second-order valence-electron chi connectivity index (χ2n) is 5.46. The number of morpholine rings is 1. The Morgan fingerprint density at radius 1 is 1.38 bits per heavy atom. The van der Waals surface area contributed by atoms with Gasteiger partial charge in [0.25, 0.3) is 0 Å². The molecule has 1 saturated heterocycles. The van der Waals surface area contributed by atoms with Gasteiger partial charge in [-0.1, -0.05) is 24.3 Å². The normalized spacial score (nSPS) is 17.4. The van der Waals surface area contributed by atoms with Crippen LogP contribution in [0.2, 0.25) is 0 Å². The maximum Gasteiger partial charge on any atom is 0.221 e. The summed E-state index contributed by atoms with van der Waals surface area (Å²) in [6.45, 7) is 5.90. The van der Waals surface area contributed by atoms with Crippen molar-refractivity contribution < 1.29 is 14.6 Å². The van der Waals surface area contributed by atoms with E-state index in [2.05, 4.69) is 17.1 Å². The monoisotopic (exact) mass is 292 g/mol. The number of carbonyl (C=O) groups is 1. The van der Waals surface area contributed by atoms with Gasteiger partial charge in [0.2, 0.25) is 5.91 Å². The molecule has 1 aromatic rings. The second-order valence-corrected chi connectivity index (χ2v) is 5.46. The van der Waals surface area contributed by atoms with Gasteiger partial charge < -0.3 is 15.2 Å². The maximum absolute atomic E-state index is 12.0. The highest BCUT2D eigenvalue weighted by Crippen LogP contribution is 2.08. The van der Waals surface area contributed by atoms with E-state index in [0.29, 0.717) is 13.0 Å². The van der Waals surface area contributed by atoms with Gasteiger partial charge in [0, 0.05) is 32.1 Å². The predicted molar refractivity (Wildman–Crippen MR) is 80.7 cm³/mol. The number of hydrogen-bond donors (Lipinski definition) is 2. The van der Waals surface area contributed by atoms with Gasteiger partial charge in [-0.3, -0.25) is 9.69 Å². The molecule has 0 spiro atoms. The molecule has 5 nitrogen and oxygen atoms in total. The van der Waals surface area contributed by atoms with Gasteiger partial charge in [0.15, 0.2) is 0 Å². The summed E-state index contributed by atoms with van der Waals surface area (Å²) in [7, 11) is 0. The predicted octanol–water partition coefficient (Wildman–Crippen LogP) is 0.906. The fourth-order valence-corrected chi connectivity index (χ4v) is 2.53. The summed E-state index contributed by atoms with van der Waals surface area (Å²) in [5.74, 6) is 0.0587. The lowest BCUT2D eigenvalue weighted by atomic mass is 10.1. The van der Waals surface area contributed by atoms with Gasteiger partial charge in [0.05, 0.1) is 19.8 Å². The molecule has 116 valence electrons. The Kier molecular flexibility index (Phi) is 6.17. The first-order chi connectivity index (χ1) is 10.2. The fraction of sp³-hybridized carbons (Fsp3) is 0.562. The Bertz CT molecular complexity index is 459. The van der Waals surface area contributed by atoms with Gasteiger partial charge >= 0.3 is 0 Å². The molecule has 1 amide bonds. The van der Waals surface area contributed by atoms with Crippen LogP contribution in [0.3, 0.4) is 0 Å². The molecule has 0 aromatic heterocycles. The molecule has 1 aliphatic rings. The van der Waals surface area contributed by atoms with Crippen LogP contribution >= 0.6 is 0 Å². The summed E-state index contributed by atoms with van der Waals surface area (Å²) in [6.07, 6.45) is 0.500.